The molecule has 0 aromatic heterocycles. The van der Waals surface area contributed by atoms with E-state index in [1.54, 1.807) is 0 Å². The van der Waals surface area contributed by atoms with Gasteiger partial charge < -0.3 is 0 Å². The number of carbonyl (C=O) groups excluding carboxylic acids is 1. The average molecular weight is 560 g/mol. The molecule has 2 radical (unpaired) electrons. The zero-order valence-corrected chi connectivity index (χ0v) is 24.2. The van der Waals surface area contributed by atoms with Gasteiger partial charge in [-0.1, -0.05) is 19.3 Å². The Balaban J connectivity index is 1.56. The van der Waals surface area contributed by atoms with E-state index in [4.69, 9.17) is 5.10 Å². The average Bonchev–Trinajstić information content (AvgIpc) is 3.04. The summed E-state index contributed by atoms with van der Waals surface area (Å²) in [5.74, 6) is 0.423. The van der Waals surface area contributed by atoms with Crippen LogP contribution in [-0.2, 0) is 0 Å². The maximum absolute atomic E-state index is 14.5. The van der Waals surface area contributed by atoms with E-state index < -0.39 is 0 Å². The van der Waals surface area contributed by atoms with Crippen molar-refractivity contribution in [1.82, 2.24) is 5.01 Å². The number of rotatable bonds is 3. The van der Waals surface area contributed by atoms with Crippen LogP contribution in [0, 0.1) is 5.92 Å². The molecule has 37 heavy (non-hydrogen) atoms. The van der Waals surface area contributed by atoms with E-state index in [1.807, 2.05) is 9.91 Å². The van der Waals surface area contributed by atoms with Crippen molar-refractivity contribution in [1.29, 1.82) is 0 Å². The van der Waals surface area contributed by atoms with Gasteiger partial charge in [0.15, 0.2) is 0 Å². The molecule has 196 valence electrons. The number of urea groups is 1. The SMILES string of the molecule is O=C1N(c2ccc([As])cc2)c2ccccc2C(C2CCCCC2)=NN1C1CCCCCCCCCCC1. The third-order valence-electron chi connectivity index (χ3n) is 8.54. The number of para-hydroxylation sites is 1. The van der Waals surface area contributed by atoms with Crippen molar-refractivity contribution in [3.8, 4) is 0 Å². The molecule has 0 N–H and O–H groups in total. The molecule has 4 nitrogen and oxygen atoms in total. The molecule has 2 aliphatic carbocycles. The van der Waals surface area contributed by atoms with Crippen molar-refractivity contribution in [3.05, 3.63) is 54.1 Å². The van der Waals surface area contributed by atoms with Crippen molar-refractivity contribution in [3.63, 3.8) is 0 Å². The zero-order valence-electron chi connectivity index (χ0n) is 22.3. The van der Waals surface area contributed by atoms with Crippen molar-refractivity contribution in [2.45, 2.75) is 109 Å². The molecule has 1 aliphatic heterocycles. The van der Waals surface area contributed by atoms with Gasteiger partial charge in [0.05, 0.1) is 0 Å². The number of benzene rings is 2. The first-order chi connectivity index (χ1) is 18.2. The standard InChI is InChI=1S/C32H42AsN3O/c33-26-21-23-27(24-22-26)35-30-20-14-13-19-29(30)31(25-15-9-8-10-16-25)34-36(32(35)37)28-17-11-6-4-2-1-3-5-7-12-18-28/h13-14,19-25,28H,1-12,15-18H2. The van der Waals surface area contributed by atoms with E-state index in [1.165, 1.54) is 89.9 Å². The summed E-state index contributed by atoms with van der Waals surface area (Å²) in [5.41, 5.74) is 4.17. The Kier molecular flexibility index (Phi) is 9.43. The van der Waals surface area contributed by atoms with Crippen LogP contribution < -0.4 is 9.25 Å². The number of anilines is 2. The number of hydrogen-bond donors (Lipinski definition) is 0. The van der Waals surface area contributed by atoms with Gasteiger partial charge in [0.1, 0.15) is 0 Å². The fraction of sp³-hybridized carbons (Fsp3) is 0.562. The zero-order chi connectivity index (χ0) is 25.5. The van der Waals surface area contributed by atoms with Crippen LogP contribution in [0.25, 0.3) is 0 Å². The van der Waals surface area contributed by atoms with Crippen LogP contribution in [0.3, 0.4) is 0 Å². The molecule has 2 aromatic rings. The first-order valence-electron chi connectivity index (χ1n) is 14.8. The summed E-state index contributed by atoms with van der Waals surface area (Å²) < 4.78 is 1.14. The van der Waals surface area contributed by atoms with Gasteiger partial charge in [0.2, 0.25) is 0 Å². The van der Waals surface area contributed by atoms with Crippen LogP contribution in [0.1, 0.15) is 108 Å². The van der Waals surface area contributed by atoms with Gasteiger partial charge in [0, 0.05) is 0 Å². The molecular weight excluding hydrogens is 517 g/mol. The van der Waals surface area contributed by atoms with E-state index in [-0.39, 0.29) is 12.1 Å². The van der Waals surface area contributed by atoms with Gasteiger partial charge in [-0.2, -0.15) is 0 Å². The van der Waals surface area contributed by atoms with Crippen molar-refractivity contribution in [2.75, 3.05) is 4.90 Å². The topological polar surface area (TPSA) is 35.9 Å². The molecule has 0 unspecified atom stereocenters. The van der Waals surface area contributed by atoms with Crippen LogP contribution in [0.2, 0.25) is 0 Å². The molecule has 0 atom stereocenters. The van der Waals surface area contributed by atoms with Gasteiger partial charge >= 0.3 is 214 Å². The number of hydrazone groups is 1. The molecule has 0 saturated heterocycles. The maximum atomic E-state index is 14.5. The Bertz CT molecular complexity index is 1050. The van der Waals surface area contributed by atoms with E-state index in [0.29, 0.717) is 5.92 Å². The molecule has 0 spiro atoms. The van der Waals surface area contributed by atoms with Crippen LogP contribution in [0.4, 0.5) is 16.2 Å². The Labute approximate surface area is 232 Å². The van der Waals surface area contributed by atoms with Gasteiger partial charge in [0.25, 0.3) is 0 Å². The number of nitrogens with zero attached hydrogens (tertiary/aromatic N) is 3. The summed E-state index contributed by atoms with van der Waals surface area (Å²) in [4.78, 5) is 16.5. The van der Waals surface area contributed by atoms with Gasteiger partial charge in [-0.05, 0) is 0 Å². The summed E-state index contributed by atoms with van der Waals surface area (Å²) in [7, 11) is 0. The summed E-state index contributed by atoms with van der Waals surface area (Å²) in [5, 5.41) is 7.30. The Morgan fingerprint density at radius 1 is 0.676 bits per heavy atom. The molecule has 2 amide bonds. The van der Waals surface area contributed by atoms with Crippen molar-refractivity contribution >= 4 is 44.3 Å². The minimum atomic E-state index is 0.00805. The van der Waals surface area contributed by atoms with Gasteiger partial charge in [-0.25, -0.2) is 0 Å². The van der Waals surface area contributed by atoms with Crippen molar-refractivity contribution < 1.29 is 4.79 Å². The fourth-order valence-electron chi connectivity index (χ4n) is 6.46. The number of hydrogen-bond acceptors (Lipinski definition) is 2. The predicted molar refractivity (Wildman–Crippen MR) is 155 cm³/mol. The molecule has 2 saturated carbocycles. The Hall–Kier alpha value is -2.06. The summed E-state index contributed by atoms with van der Waals surface area (Å²) >= 11 is 2.59. The van der Waals surface area contributed by atoms with Crippen LogP contribution in [-0.4, -0.2) is 39.6 Å². The molecular formula is C32H42AsN3O. The fourth-order valence-corrected chi connectivity index (χ4v) is 6.77. The Morgan fingerprint density at radius 2 is 1.22 bits per heavy atom. The number of fused-ring (bicyclic) bond motifs is 1. The minimum absolute atomic E-state index is 0.00805. The molecule has 2 aromatic carbocycles. The normalized spacial score (nSPS) is 21.4. The molecule has 0 bridgehead atoms. The van der Waals surface area contributed by atoms with Gasteiger partial charge in [-0.3, -0.25) is 0 Å². The van der Waals surface area contributed by atoms with E-state index in [9.17, 15) is 4.79 Å². The summed E-state index contributed by atoms with van der Waals surface area (Å²) in [6, 6.07) is 17.0. The quantitative estimate of drug-likeness (QED) is 0.351. The molecule has 1 heterocycles. The number of amides is 2. The third-order valence-corrected chi connectivity index (χ3v) is 9.17. The number of carbonyl (C=O) groups is 1. The molecule has 3 aliphatic rings. The van der Waals surface area contributed by atoms with E-state index in [0.717, 1.165) is 39.8 Å². The van der Waals surface area contributed by atoms with Crippen molar-refractivity contribution in [2.24, 2.45) is 11.0 Å². The van der Waals surface area contributed by atoms with Crippen LogP contribution in [0.5, 0.6) is 0 Å². The van der Waals surface area contributed by atoms with E-state index >= 15 is 0 Å². The van der Waals surface area contributed by atoms with E-state index in [2.05, 4.69) is 65.4 Å². The summed E-state index contributed by atoms with van der Waals surface area (Å²) in [6.45, 7) is 0. The summed E-state index contributed by atoms with van der Waals surface area (Å²) in [6.07, 6.45) is 19.8. The second-order valence-corrected chi connectivity index (χ2v) is 12.3. The molecule has 5 heteroatoms. The predicted octanol–water partition coefficient (Wildman–Crippen LogP) is 8.01. The van der Waals surface area contributed by atoms with Gasteiger partial charge in [-0.15, -0.1) is 0 Å². The molecule has 5 rings (SSSR count). The van der Waals surface area contributed by atoms with Crippen LogP contribution in [0.15, 0.2) is 53.6 Å². The monoisotopic (exact) mass is 559 g/mol. The van der Waals surface area contributed by atoms with Crippen LogP contribution >= 0.6 is 0 Å². The Morgan fingerprint density at radius 3 is 1.86 bits per heavy atom. The first-order valence-corrected chi connectivity index (χ1v) is 15.8. The second kappa shape index (κ2) is 13.1. The molecule has 2 fully saturated rings. The first kappa shape index (κ1) is 26.5. The second-order valence-electron chi connectivity index (χ2n) is 11.2. The third kappa shape index (κ3) is 6.51.